The summed E-state index contributed by atoms with van der Waals surface area (Å²) in [5, 5.41) is 22.5. The Labute approximate surface area is 180 Å². The number of amides is 1. The summed E-state index contributed by atoms with van der Waals surface area (Å²) in [7, 11) is 0. The molecule has 2 aromatic heterocycles. The van der Waals surface area contributed by atoms with Crippen molar-refractivity contribution in [3.63, 3.8) is 0 Å². The minimum atomic E-state index is -0.148. The third-order valence-corrected chi connectivity index (χ3v) is 5.75. The molecule has 31 heavy (non-hydrogen) atoms. The summed E-state index contributed by atoms with van der Waals surface area (Å²) >= 11 is 0. The lowest BCUT2D eigenvalue weighted by atomic mass is 10.0. The van der Waals surface area contributed by atoms with Gasteiger partial charge in [-0.3, -0.25) is 14.8 Å². The normalized spacial score (nSPS) is 18.1. The summed E-state index contributed by atoms with van der Waals surface area (Å²) < 4.78 is 7.11. The van der Waals surface area contributed by atoms with Crippen LogP contribution in [-0.4, -0.2) is 67.5 Å². The van der Waals surface area contributed by atoms with E-state index < -0.39 is 0 Å². The molecular weight excluding hydrogens is 396 g/mol. The molecule has 1 aliphatic carbocycles. The molecule has 10 heteroatoms. The molecule has 0 radical (unpaired) electrons. The Bertz CT molecular complexity index is 1010. The molecule has 1 saturated carbocycles. The van der Waals surface area contributed by atoms with Crippen LogP contribution < -0.4 is 5.32 Å². The Morgan fingerprint density at radius 1 is 1.23 bits per heavy atom. The first-order chi connectivity index (χ1) is 15.3. The van der Waals surface area contributed by atoms with Crippen LogP contribution in [0.1, 0.15) is 47.6 Å². The number of ether oxygens (including phenoxy) is 1. The summed E-state index contributed by atoms with van der Waals surface area (Å²) in [4.78, 5) is 14.9. The van der Waals surface area contributed by atoms with Gasteiger partial charge >= 0.3 is 0 Å². The van der Waals surface area contributed by atoms with Gasteiger partial charge in [-0.2, -0.15) is 5.10 Å². The Balaban J connectivity index is 1.28. The summed E-state index contributed by atoms with van der Waals surface area (Å²) in [6.07, 6.45) is 2.40. The van der Waals surface area contributed by atoms with Crippen molar-refractivity contribution >= 4 is 5.91 Å². The van der Waals surface area contributed by atoms with E-state index >= 15 is 0 Å². The van der Waals surface area contributed by atoms with Crippen molar-refractivity contribution in [3.8, 4) is 0 Å². The molecule has 1 aromatic carbocycles. The van der Waals surface area contributed by atoms with Crippen molar-refractivity contribution in [2.24, 2.45) is 0 Å². The zero-order chi connectivity index (χ0) is 21.0. The van der Waals surface area contributed by atoms with E-state index in [1.54, 1.807) is 4.68 Å². The van der Waals surface area contributed by atoms with E-state index in [4.69, 9.17) is 4.74 Å². The molecule has 0 unspecified atom stereocenters. The van der Waals surface area contributed by atoms with Crippen molar-refractivity contribution in [2.45, 2.75) is 37.9 Å². The van der Waals surface area contributed by atoms with E-state index in [-0.39, 0.29) is 18.5 Å². The molecular formula is C21H26N8O2. The van der Waals surface area contributed by atoms with Gasteiger partial charge in [0.2, 0.25) is 5.91 Å². The van der Waals surface area contributed by atoms with Gasteiger partial charge in [-0.15, -0.1) is 5.10 Å². The maximum atomic E-state index is 12.6. The SMILES string of the molecule is O=C(Cn1nnnc1[C@H](c1ccccc1)N1CCOCC1)NCc1cc(C2CC2)n[nH]1. The molecule has 1 saturated heterocycles. The van der Waals surface area contributed by atoms with Gasteiger partial charge in [-0.25, -0.2) is 4.68 Å². The first-order valence-corrected chi connectivity index (χ1v) is 10.7. The van der Waals surface area contributed by atoms with Gasteiger partial charge in [-0.05, 0) is 34.9 Å². The number of H-pyrrole nitrogens is 1. The second-order valence-corrected chi connectivity index (χ2v) is 8.03. The second-order valence-electron chi connectivity index (χ2n) is 8.03. The largest absolute Gasteiger partial charge is 0.379 e. The number of benzene rings is 1. The van der Waals surface area contributed by atoms with Crippen LogP contribution in [0.15, 0.2) is 36.4 Å². The van der Waals surface area contributed by atoms with E-state index in [1.807, 2.05) is 24.3 Å². The van der Waals surface area contributed by atoms with Crippen LogP contribution in [0, 0.1) is 0 Å². The zero-order valence-corrected chi connectivity index (χ0v) is 17.3. The summed E-state index contributed by atoms with van der Waals surface area (Å²) in [6.45, 7) is 3.35. The molecule has 1 atom stereocenters. The fourth-order valence-corrected chi connectivity index (χ4v) is 3.96. The van der Waals surface area contributed by atoms with Crippen LogP contribution >= 0.6 is 0 Å². The number of nitrogens with zero attached hydrogens (tertiary/aromatic N) is 6. The molecule has 2 fully saturated rings. The third kappa shape index (κ3) is 4.64. The Morgan fingerprint density at radius 2 is 2.03 bits per heavy atom. The predicted octanol–water partition coefficient (Wildman–Crippen LogP) is 1.01. The Hall–Kier alpha value is -3.11. The molecule has 2 aliphatic rings. The van der Waals surface area contributed by atoms with E-state index in [2.05, 4.69) is 48.1 Å². The summed E-state index contributed by atoms with van der Waals surface area (Å²) in [6, 6.07) is 12.0. The molecule has 3 heterocycles. The number of aromatic nitrogens is 6. The molecule has 5 rings (SSSR count). The van der Waals surface area contributed by atoms with Crippen LogP contribution in [0.2, 0.25) is 0 Å². The van der Waals surface area contributed by atoms with Gasteiger partial charge in [0.15, 0.2) is 5.82 Å². The second kappa shape index (κ2) is 8.94. The number of morpholine rings is 1. The fourth-order valence-electron chi connectivity index (χ4n) is 3.96. The van der Waals surface area contributed by atoms with E-state index in [0.717, 1.165) is 30.0 Å². The van der Waals surface area contributed by atoms with Crippen LogP contribution in [0.3, 0.4) is 0 Å². The Morgan fingerprint density at radius 3 is 2.81 bits per heavy atom. The van der Waals surface area contributed by atoms with Crippen molar-refractivity contribution in [1.29, 1.82) is 0 Å². The highest BCUT2D eigenvalue weighted by Crippen LogP contribution is 2.39. The lowest BCUT2D eigenvalue weighted by Crippen LogP contribution is -2.41. The number of hydrogen-bond donors (Lipinski definition) is 2. The Kier molecular flexibility index (Phi) is 5.72. The lowest BCUT2D eigenvalue weighted by Gasteiger charge is -2.33. The smallest absolute Gasteiger partial charge is 0.242 e. The number of aromatic amines is 1. The molecule has 10 nitrogen and oxygen atoms in total. The van der Waals surface area contributed by atoms with E-state index in [0.29, 0.717) is 31.5 Å². The predicted molar refractivity (Wildman–Crippen MR) is 111 cm³/mol. The molecule has 1 aliphatic heterocycles. The topological polar surface area (TPSA) is 114 Å². The zero-order valence-electron chi connectivity index (χ0n) is 17.3. The standard InChI is InChI=1S/C21H26N8O2/c30-19(22-13-17-12-18(24-23-17)15-6-7-15)14-29-21(25-26-27-29)20(16-4-2-1-3-5-16)28-8-10-31-11-9-28/h1-5,12,15,20H,6-11,13-14H2,(H,22,30)(H,23,24)/t20-/m0/s1. The molecule has 1 amide bonds. The van der Waals surface area contributed by atoms with Crippen LogP contribution in [0.4, 0.5) is 0 Å². The summed E-state index contributed by atoms with van der Waals surface area (Å²) in [5.74, 6) is 1.09. The van der Waals surface area contributed by atoms with Crippen LogP contribution in [0.5, 0.6) is 0 Å². The van der Waals surface area contributed by atoms with Crippen LogP contribution in [-0.2, 0) is 22.6 Å². The number of nitrogens with one attached hydrogen (secondary N) is 2. The van der Waals surface area contributed by atoms with Gasteiger partial charge in [0, 0.05) is 19.0 Å². The van der Waals surface area contributed by atoms with Gasteiger partial charge in [-0.1, -0.05) is 30.3 Å². The van der Waals surface area contributed by atoms with Crippen molar-refractivity contribution in [1.82, 2.24) is 40.6 Å². The van der Waals surface area contributed by atoms with E-state index in [1.165, 1.54) is 12.8 Å². The first-order valence-electron chi connectivity index (χ1n) is 10.7. The van der Waals surface area contributed by atoms with Gasteiger partial charge < -0.3 is 10.1 Å². The van der Waals surface area contributed by atoms with Crippen LogP contribution in [0.25, 0.3) is 0 Å². The number of carbonyl (C=O) groups is 1. The number of tetrazole rings is 1. The number of carbonyl (C=O) groups excluding carboxylic acids is 1. The molecule has 3 aromatic rings. The van der Waals surface area contributed by atoms with Gasteiger partial charge in [0.25, 0.3) is 0 Å². The van der Waals surface area contributed by atoms with Gasteiger partial charge in [0.1, 0.15) is 6.54 Å². The highest BCUT2D eigenvalue weighted by molar-refractivity contribution is 5.75. The first kappa shape index (κ1) is 19.8. The monoisotopic (exact) mass is 422 g/mol. The quantitative estimate of drug-likeness (QED) is 0.557. The highest BCUT2D eigenvalue weighted by atomic mass is 16.5. The minimum absolute atomic E-state index is 0.0552. The van der Waals surface area contributed by atoms with Gasteiger partial charge in [0.05, 0.1) is 37.2 Å². The third-order valence-electron chi connectivity index (χ3n) is 5.75. The summed E-state index contributed by atoms with van der Waals surface area (Å²) in [5.41, 5.74) is 3.08. The highest BCUT2D eigenvalue weighted by Gasteiger charge is 2.30. The average Bonchev–Trinajstić information content (AvgIpc) is 3.39. The molecule has 2 N–H and O–H groups in total. The van der Waals surface area contributed by atoms with E-state index in [9.17, 15) is 4.79 Å². The molecule has 0 spiro atoms. The minimum Gasteiger partial charge on any atom is -0.379 e. The average molecular weight is 422 g/mol. The number of hydrogen-bond acceptors (Lipinski definition) is 7. The van der Waals surface area contributed by atoms with Crippen molar-refractivity contribution in [3.05, 3.63) is 59.2 Å². The van der Waals surface area contributed by atoms with Crippen molar-refractivity contribution < 1.29 is 9.53 Å². The lowest BCUT2D eigenvalue weighted by molar-refractivity contribution is -0.122. The van der Waals surface area contributed by atoms with Crippen molar-refractivity contribution in [2.75, 3.05) is 26.3 Å². The molecule has 0 bridgehead atoms. The molecule has 162 valence electrons. The maximum absolute atomic E-state index is 12.6. The number of rotatable bonds is 8. The maximum Gasteiger partial charge on any atom is 0.242 e. The fraction of sp³-hybridized carbons (Fsp3) is 0.476.